The highest BCUT2D eigenvalue weighted by Gasteiger charge is 2.69. The number of rotatable bonds is 8. The van der Waals surface area contributed by atoms with Crippen molar-refractivity contribution in [3.63, 3.8) is 0 Å². The number of amides is 1. The normalized spacial score (nSPS) is 30.7. The second kappa shape index (κ2) is 9.76. The summed E-state index contributed by atoms with van der Waals surface area (Å²) in [4.78, 5) is 24.6. The maximum absolute atomic E-state index is 14.3. The average molecular weight is 594 g/mol. The first-order chi connectivity index (χ1) is 20.4. The van der Waals surface area contributed by atoms with Crippen molar-refractivity contribution in [1.82, 2.24) is 9.97 Å². The van der Waals surface area contributed by atoms with E-state index in [0.29, 0.717) is 43.8 Å². The first-order valence-corrected chi connectivity index (χ1v) is 15.1. The van der Waals surface area contributed by atoms with Gasteiger partial charge in [0.25, 0.3) is 0 Å². The highest BCUT2D eigenvalue weighted by atomic mass is 19.4. The molecule has 6 saturated carbocycles. The van der Waals surface area contributed by atoms with E-state index in [0.717, 1.165) is 61.4 Å². The van der Waals surface area contributed by atoms with E-state index in [-0.39, 0.29) is 22.2 Å². The summed E-state index contributed by atoms with van der Waals surface area (Å²) in [5.41, 5.74) is 0.759. The minimum absolute atomic E-state index is 0.0162. The molecular weight excluding hydrogens is 558 g/mol. The number of pyridine rings is 2. The number of ether oxygens (including phenoxy) is 1. The van der Waals surface area contributed by atoms with E-state index in [9.17, 15) is 22.4 Å². The van der Waals surface area contributed by atoms with Crippen LogP contribution in [-0.2, 0) is 16.4 Å². The molecule has 226 valence electrons. The van der Waals surface area contributed by atoms with Crippen LogP contribution < -0.4 is 9.64 Å². The van der Waals surface area contributed by atoms with Crippen molar-refractivity contribution in [3.05, 3.63) is 72.2 Å². The molecule has 0 aliphatic heterocycles. The Morgan fingerprint density at radius 3 is 2.21 bits per heavy atom. The molecule has 0 saturated heterocycles. The van der Waals surface area contributed by atoms with Crippen LogP contribution in [0.4, 0.5) is 23.2 Å². The Hall–Kier alpha value is -3.49. The molecule has 4 bridgehead atoms. The third-order valence-electron chi connectivity index (χ3n) is 10.9. The molecule has 0 unspecified atom stereocenters. The predicted molar refractivity (Wildman–Crippen MR) is 154 cm³/mol. The molecule has 0 atom stereocenters. The standard InChI is InChI=1S/C34H35F4N3O2/c1-43-28-16-24(5-13-40-28)23-3-2-4-26(15-23)41(29(42)18-31-19-33(35,20-31)21-31)22-30-7-10-32(11-8-30,12-9-30)27-17-25(6-14-39-27)34(36,37)38/h2-6,13-17H,7-12,18-22H2,1H3. The molecule has 6 aliphatic carbocycles. The molecule has 9 rings (SSSR count). The molecular formula is C34H35F4N3O2. The lowest BCUT2D eigenvalue weighted by Gasteiger charge is -2.66. The van der Waals surface area contributed by atoms with Crippen LogP contribution >= 0.6 is 0 Å². The summed E-state index contributed by atoms with van der Waals surface area (Å²) < 4.78 is 60.0. The predicted octanol–water partition coefficient (Wildman–Crippen LogP) is 8.08. The summed E-state index contributed by atoms with van der Waals surface area (Å²) in [5.74, 6) is 0.518. The van der Waals surface area contributed by atoms with Gasteiger partial charge in [0.15, 0.2) is 0 Å². The smallest absolute Gasteiger partial charge is 0.416 e. The number of methoxy groups -OCH3 is 1. The summed E-state index contributed by atoms with van der Waals surface area (Å²) in [6, 6.07) is 13.9. The molecule has 43 heavy (non-hydrogen) atoms. The van der Waals surface area contributed by atoms with Gasteiger partial charge in [-0.1, -0.05) is 12.1 Å². The first kappa shape index (κ1) is 28.3. The van der Waals surface area contributed by atoms with Crippen molar-refractivity contribution in [3.8, 4) is 17.0 Å². The van der Waals surface area contributed by atoms with Crippen molar-refractivity contribution < 1.29 is 27.1 Å². The van der Waals surface area contributed by atoms with E-state index < -0.39 is 17.4 Å². The van der Waals surface area contributed by atoms with Gasteiger partial charge < -0.3 is 9.64 Å². The van der Waals surface area contributed by atoms with Gasteiger partial charge in [-0.25, -0.2) is 9.37 Å². The largest absolute Gasteiger partial charge is 0.481 e. The second-order valence-corrected chi connectivity index (χ2v) is 13.7. The maximum Gasteiger partial charge on any atom is 0.416 e. The van der Waals surface area contributed by atoms with Crippen molar-refractivity contribution >= 4 is 11.6 Å². The number of aromatic nitrogens is 2. The van der Waals surface area contributed by atoms with Crippen molar-refractivity contribution in [1.29, 1.82) is 0 Å². The van der Waals surface area contributed by atoms with Crippen LogP contribution in [-0.4, -0.2) is 35.2 Å². The minimum Gasteiger partial charge on any atom is -0.481 e. The first-order valence-electron chi connectivity index (χ1n) is 15.1. The van der Waals surface area contributed by atoms with Crippen LogP contribution in [0.5, 0.6) is 5.88 Å². The maximum atomic E-state index is 14.3. The van der Waals surface area contributed by atoms with E-state index in [1.807, 2.05) is 41.3 Å². The average Bonchev–Trinajstić information content (AvgIpc) is 2.99. The molecule has 2 heterocycles. The number of fused-ring (bicyclic) bond motifs is 3. The van der Waals surface area contributed by atoms with Crippen LogP contribution in [0.25, 0.3) is 11.1 Å². The van der Waals surface area contributed by atoms with Gasteiger partial charge in [-0.2, -0.15) is 13.2 Å². The fraction of sp³-hybridized carbons (Fsp3) is 0.500. The second-order valence-electron chi connectivity index (χ2n) is 13.7. The molecule has 3 aromatic rings. The Bertz CT molecular complexity index is 1530. The van der Waals surface area contributed by atoms with Crippen LogP contribution in [0.2, 0.25) is 0 Å². The number of hydrogen-bond acceptors (Lipinski definition) is 4. The van der Waals surface area contributed by atoms with E-state index in [2.05, 4.69) is 9.97 Å². The van der Waals surface area contributed by atoms with E-state index >= 15 is 0 Å². The zero-order valence-corrected chi connectivity index (χ0v) is 24.2. The van der Waals surface area contributed by atoms with Crippen LogP contribution in [0, 0.1) is 10.8 Å². The van der Waals surface area contributed by atoms with Gasteiger partial charge in [-0.3, -0.25) is 9.78 Å². The zero-order chi connectivity index (χ0) is 30.1. The SMILES string of the molecule is COc1cc(-c2cccc(N(CC34CCC(c5cc(C(F)(F)F)ccn5)(CC3)CC4)C(=O)CC34CC(F)(C3)C4)c2)ccn1. The van der Waals surface area contributed by atoms with Gasteiger partial charge in [0.1, 0.15) is 5.67 Å². The van der Waals surface area contributed by atoms with Gasteiger partial charge in [0.05, 0.1) is 12.7 Å². The quantitative estimate of drug-likeness (QED) is 0.248. The molecule has 1 amide bonds. The van der Waals surface area contributed by atoms with Gasteiger partial charge in [0.2, 0.25) is 11.8 Å². The Labute approximate surface area is 248 Å². The summed E-state index contributed by atoms with van der Waals surface area (Å²) in [7, 11) is 1.57. The number of benzene rings is 1. The molecule has 6 aliphatic rings. The van der Waals surface area contributed by atoms with Crippen molar-refractivity contribution in [2.45, 2.75) is 81.5 Å². The Kier molecular flexibility index (Phi) is 6.42. The fourth-order valence-electron chi connectivity index (χ4n) is 8.46. The number of anilines is 1. The molecule has 9 heteroatoms. The van der Waals surface area contributed by atoms with E-state index in [1.165, 1.54) is 12.3 Å². The van der Waals surface area contributed by atoms with Gasteiger partial charge in [0, 0.05) is 48.2 Å². The molecule has 0 N–H and O–H groups in total. The monoisotopic (exact) mass is 593 g/mol. The molecule has 1 aromatic carbocycles. The number of nitrogens with zero attached hydrogens (tertiary/aromatic N) is 3. The molecule has 2 aromatic heterocycles. The topological polar surface area (TPSA) is 55.3 Å². The Morgan fingerprint density at radius 1 is 0.884 bits per heavy atom. The van der Waals surface area contributed by atoms with Crippen LogP contribution in [0.15, 0.2) is 60.9 Å². The lowest BCUT2D eigenvalue weighted by Crippen LogP contribution is -2.65. The van der Waals surface area contributed by atoms with Gasteiger partial charge >= 0.3 is 6.18 Å². The number of halogens is 4. The molecule has 0 spiro atoms. The number of hydrogen-bond donors (Lipinski definition) is 0. The lowest BCUT2D eigenvalue weighted by molar-refractivity contribution is -0.215. The summed E-state index contributed by atoms with van der Waals surface area (Å²) in [6.45, 7) is 0.540. The van der Waals surface area contributed by atoms with Gasteiger partial charge in [-0.15, -0.1) is 0 Å². The van der Waals surface area contributed by atoms with Crippen molar-refractivity contribution in [2.24, 2.45) is 10.8 Å². The number of carbonyl (C=O) groups excluding carboxylic acids is 1. The highest BCUT2D eigenvalue weighted by molar-refractivity contribution is 5.95. The summed E-state index contributed by atoms with van der Waals surface area (Å²) in [6.07, 6.45) is 4.97. The lowest BCUT2D eigenvalue weighted by atomic mass is 9.41. The fourth-order valence-corrected chi connectivity index (χ4v) is 8.46. The Balaban J connectivity index is 1.15. The third kappa shape index (κ3) is 4.98. The molecule has 5 nitrogen and oxygen atoms in total. The Morgan fingerprint density at radius 2 is 1.56 bits per heavy atom. The minimum atomic E-state index is -4.40. The van der Waals surface area contributed by atoms with E-state index in [4.69, 9.17) is 4.74 Å². The molecule has 6 fully saturated rings. The van der Waals surface area contributed by atoms with Crippen LogP contribution in [0.1, 0.15) is 75.5 Å². The third-order valence-corrected chi connectivity index (χ3v) is 10.9. The number of carbonyl (C=O) groups is 1. The summed E-state index contributed by atoms with van der Waals surface area (Å²) in [5, 5.41) is 0. The molecule has 0 radical (unpaired) electrons. The number of alkyl halides is 4. The van der Waals surface area contributed by atoms with Crippen LogP contribution in [0.3, 0.4) is 0 Å². The van der Waals surface area contributed by atoms with E-state index in [1.54, 1.807) is 13.3 Å². The summed E-state index contributed by atoms with van der Waals surface area (Å²) >= 11 is 0. The zero-order valence-electron chi connectivity index (χ0n) is 24.2. The van der Waals surface area contributed by atoms with Crippen molar-refractivity contribution in [2.75, 3.05) is 18.6 Å². The van der Waals surface area contributed by atoms with Gasteiger partial charge in [-0.05, 0) is 110 Å². The highest BCUT2D eigenvalue weighted by Crippen LogP contribution is 2.71.